The molecule has 1 heterocycles. The van der Waals surface area contributed by atoms with Crippen molar-refractivity contribution in [2.45, 2.75) is 12.8 Å². The van der Waals surface area contributed by atoms with Crippen molar-refractivity contribution in [2.75, 3.05) is 6.61 Å². The summed E-state index contributed by atoms with van der Waals surface area (Å²) in [5, 5.41) is 0. The van der Waals surface area contributed by atoms with Gasteiger partial charge in [-0.15, -0.1) is 0 Å². The number of carbonyl (C=O) groups is 1. The Bertz CT molecular complexity index is 647. The van der Waals surface area contributed by atoms with Gasteiger partial charge in [0, 0.05) is 0 Å². The number of fused-ring (bicyclic) bond motifs is 2. The molecule has 0 unspecified atom stereocenters. The number of hydrogen-bond donors (Lipinski definition) is 0. The van der Waals surface area contributed by atoms with E-state index in [0.717, 1.165) is 24.2 Å². The van der Waals surface area contributed by atoms with E-state index in [1.807, 2.05) is 36.4 Å². The van der Waals surface area contributed by atoms with Crippen molar-refractivity contribution in [1.29, 1.82) is 0 Å². The first-order valence-electron chi connectivity index (χ1n) is 6.62. The standard InChI is InChI=1S/C17H14O2/c18-16-14-7-3-4-8-15(14)19-11-17(16)9-12-5-1-2-6-13(12)10-17/h1-8H,9-11H2. The van der Waals surface area contributed by atoms with Crippen molar-refractivity contribution in [3.05, 3.63) is 65.2 Å². The Morgan fingerprint density at radius 2 is 1.53 bits per heavy atom. The van der Waals surface area contributed by atoms with Crippen LogP contribution in [0.15, 0.2) is 48.5 Å². The zero-order chi connectivity index (χ0) is 12.9. The van der Waals surface area contributed by atoms with E-state index in [4.69, 9.17) is 4.74 Å². The lowest BCUT2D eigenvalue weighted by Gasteiger charge is -2.32. The number of hydrogen-bond acceptors (Lipinski definition) is 2. The number of para-hydroxylation sites is 1. The van der Waals surface area contributed by atoms with Crippen LogP contribution in [0.4, 0.5) is 0 Å². The van der Waals surface area contributed by atoms with Crippen LogP contribution in [0.2, 0.25) is 0 Å². The molecule has 1 aliphatic carbocycles. The molecule has 0 aromatic heterocycles. The molecule has 0 saturated heterocycles. The Hall–Kier alpha value is -2.09. The highest BCUT2D eigenvalue weighted by molar-refractivity contribution is 6.04. The van der Waals surface area contributed by atoms with Crippen molar-refractivity contribution >= 4 is 5.78 Å². The smallest absolute Gasteiger partial charge is 0.176 e. The van der Waals surface area contributed by atoms with Crippen LogP contribution < -0.4 is 4.74 Å². The topological polar surface area (TPSA) is 26.3 Å². The molecule has 2 heteroatoms. The van der Waals surface area contributed by atoms with Crippen molar-refractivity contribution in [1.82, 2.24) is 0 Å². The zero-order valence-corrected chi connectivity index (χ0v) is 10.6. The maximum absolute atomic E-state index is 12.8. The van der Waals surface area contributed by atoms with Crippen LogP contribution in [-0.2, 0) is 12.8 Å². The fourth-order valence-electron chi connectivity index (χ4n) is 3.30. The molecule has 0 saturated carbocycles. The summed E-state index contributed by atoms with van der Waals surface area (Å²) in [4.78, 5) is 12.8. The molecule has 2 aromatic rings. The maximum Gasteiger partial charge on any atom is 0.176 e. The van der Waals surface area contributed by atoms with Gasteiger partial charge in [0.25, 0.3) is 0 Å². The lowest BCUT2D eigenvalue weighted by atomic mass is 9.76. The van der Waals surface area contributed by atoms with Crippen LogP contribution in [0.3, 0.4) is 0 Å². The van der Waals surface area contributed by atoms with Crippen LogP contribution in [0.1, 0.15) is 21.5 Å². The van der Waals surface area contributed by atoms with Crippen LogP contribution >= 0.6 is 0 Å². The number of ketones is 1. The summed E-state index contributed by atoms with van der Waals surface area (Å²) in [7, 11) is 0. The highest BCUT2D eigenvalue weighted by atomic mass is 16.5. The maximum atomic E-state index is 12.8. The Labute approximate surface area is 112 Å². The van der Waals surface area contributed by atoms with E-state index in [0.29, 0.717) is 6.61 Å². The summed E-state index contributed by atoms with van der Waals surface area (Å²) < 4.78 is 5.84. The van der Waals surface area contributed by atoms with E-state index in [1.165, 1.54) is 11.1 Å². The predicted molar refractivity (Wildman–Crippen MR) is 72.6 cm³/mol. The summed E-state index contributed by atoms with van der Waals surface area (Å²) in [5.41, 5.74) is 2.94. The Balaban J connectivity index is 1.78. The first-order chi connectivity index (χ1) is 9.28. The largest absolute Gasteiger partial charge is 0.492 e. The Morgan fingerprint density at radius 3 is 2.26 bits per heavy atom. The van der Waals surface area contributed by atoms with E-state index in [9.17, 15) is 4.79 Å². The van der Waals surface area contributed by atoms with E-state index in [-0.39, 0.29) is 11.2 Å². The summed E-state index contributed by atoms with van der Waals surface area (Å²) in [6.45, 7) is 0.498. The number of carbonyl (C=O) groups excluding carboxylic acids is 1. The third-order valence-electron chi connectivity index (χ3n) is 4.29. The molecule has 94 valence electrons. The first-order valence-corrected chi connectivity index (χ1v) is 6.62. The molecule has 0 radical (unpaired) electrons. The summed E-state index contributed by atoms with van der Waals surface area (Å²) in [5.74, 6) is 0.972. The molecule has 2 nitrogen and oxygen atoms in total. The first kappa shape index (κ1) is 10.8. The second-order valence-corrected chi connectivity index (χ2v) is 5.52. The van der Waals surface area contributed by atoms with Crippen molar-refractivity contribution in [3.63, 3.8) is 0 Å². The molecular formula is C17H14O2. The van der Waals surface area contributed by atoms with Crippen molar-refractivity contribution in [2.24, 2.45) is 5.41 Å². The lowest BCUT2D eigenvalue weighted by Crippen LogP contribution is -2.41. The molecule has 0 N–H and O–H groups in total. The predicted octanol–water partition coefficient (Wildman–Crippen LogP) is 3.05. The van der Waals surface area contributed by atoms with Gasteiger partial charge in [-0.2, -0.15) is 0 Å². The normalized spacial score (nSPS) is 18.8. The second-order valence-electron chi connectivity index (χ2n) is 5.52. The Kier molecular flexibility index (Phi) is 2.10. The van der Waals surface area contributed by atoms with Gasteiger partial charge < -0.3 is 4.74 Å². The molecule has 1 spiro atoms. The second kappa shape index (κ2) is 3.70. The summed E-state index contributed by atoms with van der Waals surface area (Å²) in [6, 6.07) is 15.9. The lowest BCUT2D eigenvalue weighted by molar-refractivity contribution is 0.0630. The average Bonchev–Trinajstić information content (AvgIpc) is 2.83. The molecule has 0 atom stereocenters. The van der Waals surface area contributed by atoms with Gasteiger partial charge in [-0.05, 0) is 36.1 Å². The number of ether oxygens (including phenoxy) is 1. The van der Waals surface area contributed by atoms with Gasteiger partial charge in [-0.1, -0.05) is 36.4 Å². The van der Waals surface area contributed by atoms with Gasteiger partial charge in [0.15, 0.2) is 5.78 Å². The molecule has 1 aliphatic heterocycles. The quantitative estimate of drug-likeness (QED) is 0.718. The molecule has 4 rings (SSSR count). The Morgan fingerprint density at radius 1 is 0.895 bits per heavy atom. The monoisotopic (exact) mass is 250 g/mol. The molecule has 0 amide bonds. The molecule has 2 aromatic carbocycles. The van der Waals surface area contributed by atoms with Crippen molar-refractivity contribution < 1.29 is 9.53 Å². The van der Waals surface area contributed by atoms with Crippen molar-refractivity contribution in [3.8, 4) is 5.75 Å². The fourth-order valence-corrected chi connectivity index (χ4v) is 3.30. The van der Waals surface area contributed by atoms with Gasteiger partial charge in [-0.25, -0.2) is 0 Å². The summed E-state index contributed by atoms with van der Waals surface area (Å²) in [6.07, 6.45) is 1.60. The van der Waals surface area contributed by atoms with Crippen LogP contribution in [0, 0.1) is 5.41 Å². The van der Waals surface area contributed by atoms with Gasteiger partial charge >= 0.3 is 0 Å². The summed E-state index contributed by atoms with van der Waals surface area (Å²) >= 11 is 0. The molecule has 0 bridgehead atoms. The fraction of sp³-hybridized carbons (Fsp3) is 0.235. The number of rotatable bonds is 0. The van der Waals surface area contributed by atoms with Crippen LogP contribution in [-0.4, -0.2) is 12.4 Å². The van der Waals surface area contributed by atoms with E-state index in [1.54, 1.807) is 0 Å². The molecular weight excluding hydrogens is 236 g/mol. The molecule has 0 fully saturated rings. The average molecular weight is 250 g/mol. The third kappa shape index (κ3) is 1.46. The highest BCUT2D eigenvalue weighted by Gasteiger charge is 2.47. The number of benzene rings is 2. The van der Waals surface area contributed by atoms with E-state index < -0.39 is 0 Å². The minimum atomic E-state index is -0.377. The zero-order valence-electron chi connectivity index (χ0n) is 10.6. The van der Waals surface area contributed by atoms with Gasteiger partial charge in [0.2, 0.25) is 0 Å². The third-order valence-corrected chi connectivity index (χ3v) is 4.29. The van der Waals surface area contributed by atoms with E-state index >= 15 is 0 Å². The van der Waals surface area contributed by atoms with Gasteiger partial charge in [-0.3, -0.25) is 4.79 Å². The molecule has 19 heavy (non-hydrogen) atoms. The van der Waals surface area contributed by atoms with Crippen LogP contribution in [0.25, 0.3) is 0 Å². The minimum Gasteiger partial charge on any atom is -0.492 e. The minimum absolute atomic E-state index is 0.241. The van der Waals surface area contributed by atoms with E-state index in [2.05, 4.69) is 12.1 Å². The number of Topliss-reactive ketones (excluding diaryl/α,β-unsaturated/α-hetero) is 1. The van der Waals surface area contributed by atoms with Gasteiger partial charge in [0.05, 0.1) is 11.0 Å². The van der Waals surface area contributed by atoms with Gasteiger partial charge in [0.1, 0.15) is 12.4 Å². The SMILES string of the molecule is O=C1c2ccccc2OCC12Cc1ccccc1C2. The molecule has 2 aliphatic rings. The van der Waals surface area contributed by atoms with Crippen LogP contribution in [0.5, 0.6) is 5.75 Å². The highest BCUT2D eigenvalue weighted by Crippen LogP contribution is 2.44.